The zero-order chi connectivity index (χ0) is 13.8. The van der Waals surface area contributed by atoms with Crippen LogP contribution in [0.1, 0.15) is 12.6 Å². The Kier molecular flexibility index (Phi) is 3.79. The molecule has 2 heterocycles. The van der Waals surface area contributed by atoms with Crippen LogP contribution in [0.4, 0.5) is 5.69 Å². The Hall–Kier alpha value is -2.37. The molecule has 0 aliphatic carbocycles. The first kappa shape index (κ1) is 13.1. The lowest BCUT2D eigenvalue weighted by Gasteiger charge is -2.08. The second-order valence-corrected chi connectivity index (χ2v) is 4.09. The Morgan fingerprint density at radius 1 is 1.32 bits per heavy atom. The monoisotopic (exact) mass is 260 g/mol. The minimum absolute atomic E-state index is 0.175. The van der Waals surface area contributed by atoms with Crippen LogP contribution in [0.25, 0.3) is 0 Å². The molecule has 0 saturated heterocycles. The zero-order valence-corrected chi connectivity index (χ0v) is 11.0. The van der Waals surface area contributed by atoms with E-state index in [0.29, 0.717) is 12.2 Å². The summed E-state index contributed by atoms with van der Waals surface area (Å²) >= 11 is 0. The third-order valence-electron chi connectivity index (χ3n) is 2.91. The Morgan fingerprint density at radius 3 is 2.79 bits per heavy atom. The molecule has 0 bridgehead atoms. The first-order chi connectivity index (χ1) is 9.15. The molecule has 0 aliphatic rings. The molecule has 6 heteroatoms. The van der Waals surface area contributed by atoms with Crippen LogP contribution in [0.2, 0.25) is 0 Å². The molecule has 0 fully saturated rings. The summed E-state index contributed by atoms with van der Waals surface area (Å²) in [6.07, 6.45) is 3.16. The summed E-state index contributed by atoms with van der Waals surface area (Å²) in [5, 5.41) is 2.99. The van der Waals surface area contributed by atoms with Crippen LogP contribution < -0.4 is 16.6 Å². The molecule has 0 amide bonds. The predicted molar refractivity (Wildman–Crippen MR) is 73.5 cm³/mol. The number of aryl methyl sites for hydroxylation is 1. The van der Waals surface area contributed by atoms with Gasteiger partial charge in [0.15, 0.2) is 0 Å². The van der Waals surface area contributed by atoms with Gasteiger partial charge in [0.2, 0.25) is 0 Å². The average molecular weight is 260 g/mol. The molecular formula is C13H16N4O2. The minimum Gasteiger partial charge on any atom is -0.388 e. The smallest absolute Gasteiger partial charge is 0.331 e. The first-order valence-corrected chi connectivity index (χ1v) is 6.08. The van der Waals surface area contributed by atoms with Gasteiger partial charge in [-0.1, -0.05) is 0 Å². The van der Waals surface area contributed by atoms with Gasteiger partial charge in [0, 0.05) is 37.7 Å². The van der Waals surface area contributed by atoms with E-state index in [2.05, 4.69) is 10.3 Å². The minimum atomic E-state index is -0.314. The van der Waals surface area contributed by atoms with Crippen molar-refractivity contribution in [3.05, 3.63) is 57.1 Å². The number of nitrogens with zero attached hydrogens (tertiary/aromatic N) is 3. The number of hydrogen-bond donors (Lipinski definition) is 1. The summed E-state index contributed by atoms with van der Waals surface area (Å²) in [4.78, 5) is 28.0. The highest BCUT2D eigenvalue weighted by Crippen LogP contribution is 2.06. The van der Waals surface area contributed by atoms with Gasteiger partial charge in [0.1, 0.15) is 0 Å². The molecule has 2 aromatic heterocycles. The number of hydrogen-bond acceptors (Lipinski definition) is 4. The van der Waals surface area contributed by atoms with Crippen molar-refractivity contribution in [2.45, 2.75) is 20.0 Å². The van der Waals surface area contributed by atoms with E-state index in [1.54, 1.807) is 13.2 Å². The Morgan fingerprint density at radius 2 is 2.11 bits per heavy atom. The van der Waals surface area contributed by atoms with Crippen LogP contribution >= 0.6 is 0 Å². The maximum absolute atomic E-state index is 12.1. The fourth-order valence-corrected chi connectivity index (χ4v) is 1.83. The molecule has 0 atom stereocenters. The second-order valence-electron chi connectivity index (χ2n) is 4.09. The van der Waals surface area contributed by atoms with Gasteiger partial charge < -0.3 is 9.88 Å². The zero-order valence-electron chi connectivity index (χ0n) is 11.0. The molecule has 100 valence electrons. The van der Waals surface area contributed by atoms with Crippen molar-refractivity contribution in [1.82, 2.24) is 14.1 Å². The van der Waals surface area contributed by atoms with Gasteiger partial charge in [0.05, 0.1) is 12.2 Å². The quantitative estimate of drug-likeness (QED) is 0.870. The molecule has 0 spiro atoms. The van der Waals surface area contributed by atoms with E-state index in [1.807, 2.05) is 19.1 Å². The maximum atomic E-state index is 12.1. The van der Waals surface area contributed by atoms with Gasteiger partial charge >= 0.3 is 5.69 Å². The first-order valence-electron chi connectivity index (χ1n) is 6.08. The van der Waals surface area contributed by atoms with Gasteiger partial charge in [-0.05, 0) is 19.1 Å². The highest BCUT2D eigenvalue weighted by atomic mass is 16.2. The number of pyridine rings is 1. The third kappa shape index (κ3) is 2.73. The van der Waals surface area contributed by atoms with Crippen LogP contribution in [0, 0.1) is 0 Å². The SMILES string of the molecule is CCn1ccc(=O)n(Cc2cc(NC)ccn2)c1=O. The Bertz CT molecular complexity index is 688. The molecule has 0 unspecified atom stereocenters. The van der Waals surface area contributed by atoms with Crippen molar-refractivity contribution >= 4 is 5.69 Å². The lowest BCUT2D eigenvalue weighted by molar-refractivity contribution is 0.594. The van der Waals surface area contributed by atoms with Crippen molar-refractivity contribution < 1.29 is 0 Å². The molecule has 2 rings (SSSR count). The Balaban J connectivity index is 2.43. The van der Waals surface area contributed by atoms with Crippen molar-refractivity contribution in [1.29, 1.82) is 0 Å². The molecule has 1 N–H and O–H groups in total. The maximum Gasteiger partial charge on any atom is 0.331 e. The van der Waals surface area contributed by atoms with E-state index in [0.717, 1.165) is 5.69 Å². The van der Waals surface area contributed by atoms with Gasteiger partial charge in [-0.2, -0.15) is 0 Å². The lowest BCUT2D eigenvalue weighted by atomic mass is 10.3. The molecule has 0 aliphatic heterocycles. The highest BCUT2D eigenvalue weighted by molar-refractivity contribution is 5.42. The normalized spacial score (nSPS) is 10.4. The summed E-state index contributed by atoms with van der Waals surface area (Å²) in [5.74, 6) is 0. The molecule has 2 aromatic rings. The molecule has 19 heavy (non-hydrogen) atoms. The second kappa shape index (κ2) is 5.51. The summed E-state index contributed by atoms with van der Waals surface area (Å²) in [5.41, 5.74) is 0.933. The van der Waals surface area contributed by atoms with E-state index in [-0.39, 0.29) is 17.8 Å². The van der Waals surface area contributed by atoms with Crippen molar-refractivity contribution in [2.24, 2.45) is 0 Å². The van der Waals surface area contributed by atoms with Crippen molar-refractivity contribution in [3.8, 4) is 0 Å². The molecule has 0 saturated carbocycles. The Labute approximate surface area is 110 Å². The fourth-order valence-electron chi connectivity index (χ4n) is 1.83. The number of nitrogens with one attached hydrogen (secondary N) is 1. The fraction of sp³-hybridized carbons (Fsp3) is 0.308. The standard InChI is InChI=1S/C13H16N4O2/c1-3-16-7-5-12(18)17(13(16)19)9-11-8-10(14-2)4-6-15-11/h4-8H,3,9H2,1-2H3,(H,14,15). The lowest BCUT2D eigenvalue weighted by Crippen LogP contribution is -2.39. The third-order valence-corrected chi connectivity index (χ3v) is 2.91. The largest absolute Gasteiger partial charge is 0.388 e. The van der Waals surface area contributed by atoms with Crippen LogP contribution in [0.5, 0.6) is 0 Å². The van der Waals surface area contributed by atoms with E-state index in [4.69, 9.17) is 0 Å². The van der Waals surface area contributed by atoms with Crippen LogP contribution in [0.3, 0.4) is 0 Å². The van der Waals surface area contributed by atoms with E-state index < -0.39 is 0 Å². The van der Waals surface area contributed by atoms with Crippen molar-refractivity contribution in [3.63, 3.8) is 0 Å². The highest BCUT2D eigenvalue weighted by Gasteiger charge is 2.06. The summed E-state index contributed by atoms with van der Waals surface area (Å²) in [6.45, 7) is 2.56. The van der Waals surface area contributed by atoms with Crippen molar-refractivity contribution in [2.75, 3.05) is 12.4 Å². The molecule has 0 radical (unpaired) electrons. The van der Waals surface area contributed by atoms with Gasteiger partial charge in [0.25, 0.3) is 5.56 Å². The average Bonchev–Trinajstić information content (AvgIpc) is 2.44. The molecule has 6 nitrogen and oxygen atoms in total. The summed E-state index contributed by atoms with van der Waals surface area (Å²) in [6, 6.07) is 5.03. The van der Waals surface area contributed by atoms with Crippen LogP contribution in [-0.2, 0) is 13.1 Å². The summed E-state index contributed by atoms with van der Waals surface area (Å²) < 4.78 is 2.68. The van der Waals surface area contributed by atoms with Gasteiger partial charge in [-0.25, -0.2) is 4.79 Å². The van der Waals surface area contributed by atoms with Crippen LogP contribution in [-0.4, -0.2) is 21.2 Å². The predicted octanol–water partition coefficient (Wildman–Crippen LogP) is 0.515. The van der Waals surface area contributed by atoms with Gasteiger partial charge in [-0.3, -0.25) is 14.3 Å². The number of anilines is 1. The molecular weight excluding hydrogens is 244 g/mol. The number of aromatic nitrogens is 3. The van der Waals surface area contributed by atoms with E-state index in [1.165, 1.54) is 21.4 Å². The topological polar surface area (TPSA) is 68.9 Å². The van der Waals surface area contributed by atoms with E-state index >= 15 is 0 Å². The van der Waals surface area contributed by atoms with E-state index in [9.17, 15) is 9.59 Å². The van der Waals surface area contributed by atoms with Crippen LogP contribution in [0.15, 0.2) is 40.2 Å². The number of rotatable bonds is 4. The summed E-state index contributed by atoms with van der Waals surface area (Å²) in [7, 11) is 1.80. The van der Waals surface area contributed by atoms with Gasteiger partial charge in [-0.15, -0.1) is 0 Å². The molecule has 0 aromatic carbocycles.